The molecule has 0 radical (unpaired) electrons. The largest absolute Gasteiger partial charge is 0.364 e. The molecule has 0 aliphatic carbocycles. The van der Waals surface area contributed by atoms with Gasteiger partial charge in [0.05, 0.1) is 17.7 Å². The van der Waals surface area contributed by atoms with E-state index in [9.17, 15) is 0 Å². The first-order valence-corrected chi connectivity index (χ1v) is 5.32. The van der Waals surface area contributed by atoms with E-state index in [-0.39, 0.29) is 6.04 Å². The summed E-state index contributed by atoms with van der Waals surface area (Å²) in [6.07, 6.45) is 5.14. The van der Waals surface area contributed by atoms with Gasteiger partial charge in [0, 0.05) is 18.6 Å². The van der Waals surface area contributed by atoms with E-state index in [1.807, 2.05) is 19.1 Å². The molecule has 2 aromatic rings. The molecule has 4 nitrogen and oxygen atoms in total. The number of nitriles is 1. The van der Waals surface area contributed by atoms with Crippen molar-refractivity contribution in [1.29, 1.82) is 5.26 Å². The van der Waals surface area contributed by atoms with Gasteiger partial charge in [0.15, 0.2) is 0 Å². The molecular weight excluding hydrogens is 212 g/mol. The topological polar surface area (TPSA) is 61.6 Å². The normalized spacial score (nSPS) is 11.5. The Morgan fingerprint density at radius 1 is 1.24 bits per heavy atom. The summed E-state index contributed by atoms with van der Waals surface area (Å²) in [5.74, 6) is 0.702. The second-order valence-electron chi connectivity index (χ2n) is 3.69. The Hall–Kier alpha value is -2.41. The summed E-state index contributed by atoms with van der Waals surface area (Å²) in [5.41, 5.74) is 1.73. The summed E-state index contributed by atoms with van der Waals surface area (Å²) < 4.78 is 0. The van der Waals surface area contributed by atoms with E-state index in [2.05, 4.69) is 21.4 Å². The Morgan fingerprint density at radius 2 is 2.00 bits per heavy atom. The summed E-state index contributed by atoms with van der Waals surface area (Å²) in [6, 6.07) is 9.53. The van der Waals surface area contributed by atoms with Gasteiger partial charge in [-0.2, -0.15) is 5.26 Å². The highest BCUT2D eigenvalue weighted by Crippen LogP contribution is 2.17. The van der Waals surface area contributed by atoms with Crippen molar-refractivity contribution in [2.45, 2.75) is 13.0 Å². The minimum Gasteiger partial charge on any atom is -0.364 e. The van der Waals surface area contributed by atoms with Gasteiger partial charge in [0.1, 0.15) is 5.82 Å². The van der Waals surface area contributed by atoms with Crippen molar-refractivity contribution in [3.8, 4) is 6.07 Å². The average Bonchev–Trinajstić information content (AvgIpc) is 2.40. The fourth-order valence-electron chi connectivity index (χ4n) is 1.54. The molecule has 4 heteroatoms. The smallest absolute Gasteiger partial charge is 0.127 e. The van der Waals surface area contributed by atoms with Crippen LogP contribution in [0.1, 0.15) is 24.1 Å². The van der Waals surface area contributed by atoms with E-state index in [1.54, 1.807) is 30.7 Å². The molecule has 2 rings (SSSR count). The average molecular weight is 224 g/mol. The molecule has 0 aliphatic rings. The van der Waals surface area contributed by atoms with Crippen LogP contribution in [-0.4, -0.2) is 9.97 Å². The molecule has 2 heterocycles. The summed E-state index contributed by atoms with van der Waals surface area (Å²) in [6.45, 7) is 2.04. The second-order valence-corrected chi connectivity index (χ2v) is 3.69. The number of nitrogens with zero attached hydrogens (tertiary/aromatic N) is 3. The van der Waals surface area contributed by atoms with E-state index >= 15 is 0 Å². The number of anilines is 1. The van der Waals surface area contributed by atoms with Crippen LogP contribution in [0, 0.1) is 11.3 Å². The maximum atomic E-state index is 8.80. The van der Waals surface area contributed by atoms with E-state index in [0.717, 1.165) is 5.56 Å². The van der Waals surface area contributed by atoms with Gasteiger partial charge in [-0.05, 0) is 36.8 Å². The minimum atomic E-state index is 0.124. The second kappa shape index (κ2) is 5.08. The molecule has 0 amide bonds. The molecule has 0 saturated carbocycles. The van der Waals surface area contributed by atoms with Gasteiger partial charge in [-0.3, -0.25) is 4.98 Å². The summed E-state index contributed by atoms with van der Waals surface area (Å²) in [5, 5.41) is 12.0. The lowest BCUT2D eigenvalue weighted by atomic mass is 10.1. The van der Waals surface area contributed by atoms with Crippen molar-refractivity contribution in [3.63, 3.8) is 0 Å². The SMILES string of the molecule is CC(Nc1cc(C#N)ccn1)c1ccncc1. The van der Waals surface area contributed by atoms with E-state index in [4.69, 9.17) is 5.26 Å². The van der Waals surface area contributed by atoms with Crippen molar-refractivity contribution in [2.24, 2.45) is 0 Å². The van der Waals surface area contributed by atoms with Crippen LogP contribution in [0.3, 0.4) is 0 Å². The van der Waals surface area contributed by atoms with Gasteiger partial charge in [0.2, 0.25) is 0 Å². The lowest BCUT2D eigenvalue weighted by Crippen LogP contribution is -2.07. The van der Waals surface area contributed by atoms with Crippen LogP contribution in [0.25, 0.3) is 0 Å². The maximum Gasteiger partial charge on any atom is 0.127 e. The molecule has 1 unspecified atom stereocenters. The lowest BCUT2D eigenvalue weighted by Gasteiger charge is -2.14. The van der Waals surface area contributed by atoms with E-state index in [1.165, 1.54) is 0 Å². The molecule has 0 saturated heterocycles. The van der Waals surface area contributed by atoms with Crippen molar-refractivity contribution in [1.82, 2.24) is 9.97 Å². The molecule has 0 aromatic carbocycles. The molecule has 0 fully saturated rings. The molecular formula is C13H12N4. The number of aromatic nitrogens is 2. The quantitative estimate of drug-likeness (QED) is 0.870. The number of hydrogen-bond donors (Lipinski definition) is 1. The Kier molecular flexibility index (Phi) is 3.31. The Morgan fingerprint density at radius 3 is 2.71 bits per heavy atom. The van der Waals surface area contributed by atoms with Gasteiger partial charge in [-0.15, -0.1) is 0 Å². The van der Waals surface area contributed by atoms with Gasteiger partial charge >= 0.3 is 0 Å². The molecule has 84 valence electrons. The Balaban J connectivity index is 2.13. The van der Waals surface area contributed by atoms with Gasteiger partial charge < -0.3 is 5.32 Å². The third-order valence-electron chi connectivity index (χ3n) is 2.46. The molecule has 1 atom stereocenters. The van der Waals surface area contributed by atoms with Crippen molar-refractivity contribution >= 4 is 5.82 Å². The van der Waals surface area contributed by atoms with Crippen molar-refractivity contribution in [2.75, 3.05) is 5.32 Å². The number of nitrogens with one attached hydrogen (secondary N) is 1. The predicted octanol–water partition coefficient (Wildman–Crippen LogP) is 2.52. The first-order valence-electron chi connectivity index (χ1n) is 5.32. The van der Waals surface area contributed by atoms with Gasteiger partial charge in [0.25, 0.3) is 0 Å². The van der Waals surface area contributed by atoms with Crippen LogP contribution in [-0.2, 0) is 0 Å². The van der Waals surface area contributed by atoms with Crippen LogP contribution in [0.15, 0.2) is 42.9 Å². The molecule has 17 heavy (non-hydrogen) atoms. The van der Waals surface area contributed by atoms with Crippen LogP contribution < -0.4 is 5.32 Å². The van der Waals surface area contributed by atoms with E-state index < -0.39 is 0 Å². The summed E-state index contributed by atoms with van der Waals surface area (Å²) >= 11 is 0. The van der Waals surface area contributed by atoms with Crippen LogP contribution in [0.5, 0.6) is 0 Å². The van der Waals surface area contributed by atoms with Gasteiger partial charge in [-0.1, -0.05) is 0 Å². The zero-order valence-electron chi connectivity index (χ0n) is 9.46. The molecule has 0 bridgehead atoms. The first-order chi connectivity index (χ1) is 8.29. The molecule has 0 aliphatic heterocycles. The minimum absolute atomic E-state index is 0.124. The maximum absolute atomic E-state index is 8.80. The summed E-state index contributed by atoms with van der Waals surface area (Å²) in [4.78, 5) is 8.15. The zero-order chi connectivity index (χ0) is 12.1. The van der Waals surface area contributed by atoms with E-state index in [0.29, 0.717) is 11.4 Å². The van der Waals surface area contributed by atoms with Crippen LogP contribution in [0.4, 0.5) is 5.82 Å². The number of rotatable bonds is 3. The van der Waals surface area contributed by atoms with Crippen molar-refractivity contribution in [3.05, 3.63) is 54.0 Å². The number of pyridine rings is 2. The standard InChI is InChI=1S/C13H12N4/c1-10(12-3-5-15-6-4-12)17-13-8-11(9-14)2-7-16-13/h2-8,10H,1H3,(H,16,17). The van der Waals surface area contributed by atoms with Crippen LogP contribution in [0.2, 0.25) is 0 Å². The lowest BCUT2D eigenvalue weighted by molar-refractivity contribution is 0.871. The van der Waals surface area contributed by atoms with Gasteiger partial charge in [-0.25, -0.2) is 4.98 Å². The highest BCUT2D eigenvalue weighted by atomic mass is 15.0. The predicted molar refractivity (Wildman–Crippen MR) is 65.2 cm³/mol. The zero-order valence-corrected chi connectivity index (χ0v) is 9.46. The highest BCUT2D eigenvalue weighted by molar-refractivity contribution is 5.44. The van der Waals surface area contributed by atoms with Crippen molar-refractivity contribution < 1.29 is 0 Å². The number of hydrogen-bond acceptors (Lipinski definition) is 4. The molecule has 1 N–H and O–H groups in total. The Bertz CT molecular complexity index is 531. The Labute approximate surface area is 100.0 Å². The highest BCUT2D eigenvalue weighted by Gasteiger charge is 2.05. The molecule has 0 spiro atoms. The monoisotopic (exact) mass is 224 g/mol. The first kappa shape index (κ1) is 11.1. The third-order valence-corrected chi connectivity index (χ3v) is 2.46. The fraction of sp³-hybridized carbons (Fsp3) is 0.154. The molecule has 2 aromatic heterocycles. The van der Waals surface area contributed by atoms with Crippen LogP contribution >= 0.6 is 0 Å². The fourth-order valence-corrected chi connectivity index (χ4v) is 1.54. The summed E-state index contributed by atoms with van der Waals surface area (Å²) in [7, 11) is 0. The third kappa shape index (κ3) is 2.79.